The largest absolute Gasteiger partial charge is 0.312 e. The summed E-state index contributed by atoms with van der Waals surface area (Å²) in [4.78, 5) is 1.43. The second-order valence-corrected chi connectivity index (χ2v) is 8.94. The average molecular weight is 331 g/mol. The Kier molecular flexibility index (Phi) is 5.82. The van der Waals surface area contributed by atoms with Crippen LogP contribution in [0.5, 0.6) is 0 Å². The molecular weight excluding hydrogens is 304 g/mol. The number of hydrogen-bond donors (Lipinski definition) is 1. The molecule has 0 bridgehead atoms. The van der Waals surface area contributed by atoms with Gasteiger partial charge in [-0.15, -0.1) is 11.3 Å². The summed E-state index contributed by atoms with van der Waals surface area (Å²) in [6, 6.07) is 1.98. The maximum Gasteiger partial charge on any atom is 0.244 e. The van der Waals surface area contributed by atoms with Crippen LogP contribution in [0.1, 0.15) is 44.9 Å². The van der Waals surface area contributed by atoms with Gasteiger partial charge in [-0.2, -0.15) is 4.31 Å². The standard InChI is InChI=1S/C15H26N2O2S2/c1-4-8-16-10-14-15(7-9-20-14)21(18,19)17(11-12(2)3)13-5-6-13/h7,9,12-13,16H,4-6,8,10-11H2,1-3H3. The Morgan fingerprint density at radius 1 is 1.43 bits per heavy atom. The van der Waals surface area contributed by atoms with Gasteiger partial charge < -0.3 is 5.32 Å². The molecule has 1 fully saturated rings. The second-order valence-electron chi connectivity index (χ2n) is 6.08. The third-order valence-corrected chi connectivity index (χ3v) is 6.56. The van der Waals surface area contributed by atoms with Crippen molar-refractivity contribution in [3.8, 4) is 0 Å². The molecule has 1 aliphatic carbocycles. The molecule has 0 aliphatic heterocycles. The number of nitrogens with one attached hydrogen (secondary N) is 1. The molecule has 1 aliphatic rings. The van der Waals surface area contributed by atoms with E-state index in [2.05, 4.69) is 26.1 Å². The fourth-order valence-corrected chi connectivity index (χ4v) is 5.59. The molecule has 0 unspecified atom stereocenters. The molecule has 0 amide bonds. The van der Waals surface area contributed by atoms with E-state index in [0.717, 1.165) is 30.7 Å². The first-order valence-electron chi connectivity index (χ1n) is 7.75. The van der Waals surface area contributed by atoms with Gasteiger partial charge in [-0.3, -0.25) is 0 Å². The van der Waals surface area contributed by atoms with Crippen molar-refractivity contribution in [3.63, 3.8) is 0 Å². The summed E-state index contributed by atoms with van der Waals surface area (Å²) in [6.07, 6.45) is 3.05. The van der Waals surface area contributed by atoms with Crippen LogP contribution in [0, 0.1) is 5.92 Å². The van der Waals surface area contributed by atoms with Gasteiger partial charge in [-0.25, -0.2) is 8.42 Å². The lowest BCUT2D eigenvalue weighted by Crippen LogP contribution is -2.36. The molecule has 6 heteroatoms. The number of rotatable bonds is 9. The van der Waals surface area contributed by atoms with E-state index in [0.29, 0.717) is 23.9 Å². The molecule has 1 aromatic rings. The van der Waals surface area contributed by atoms with Crippen LogP contribution in [0.15, 0.2) is 16.3 Å². The molecule has 1 aromatic heterocycles. The van der Waals surface area contributed by atoms with Gasteiger partial charge in [0.1, 0.15) is 0 Å². The van der Waals surface area contributed by atoms with Gasteiger partial charge in [0.2, 0.25) is 10.0 Å². The molecular formula is C15H26N2O2S2. The Balaban J connectivity index is 2.19. The molecule has 2 rings (SSSR count). The SMILES string of the molecule is CCCNCc1sccc1S(=O)(=O)N(CC(C)C)C1CC1. The second kappa shape index (κ2) is 7.22. The van der Waals surface area contributed by atoms with Crippen LogP contribution in [0.3, 0.4) is 0 Å². The highest BCUT2D eigenvalue weighted by Crippen LogP contribution is 2.34. The zero-order chi connectivity index (χ0) is 15.5. The van der Waals surface area contributed by atoms with E-state index in [4.69, 9.17) is 0 Å². The molecule has 0 spiro atoms. The van der Waals surface area contributed by atoms with E-state index in [1.165, 1.54) is 11.3 Å². The molecule has 0 saturated heterocycles. The summed E-state index contributed by atoms with van der Waals surface area (Å²) in [5.74, 6) is 0.348. The predicted molar refractivity (Wildman–Crippen MR) is 88.1 cm³/mol. The zero-order valence-corrected chi connectivity index (χ0v) is 14.8. The molecule has 120 valence electrons. The topological polar surface area (TPSA) is 49.4 Å². The van der Waals surface area contributed by atoms with E-state index in [9.17, 15) is 8.42 Å². The minimum atomic E-state index is -3.35. The van der Waals surface area contributed by atoms with Crippen molar-refractivity contribution < 1.29 is 8.42 Å². The van der Waals surface area contributed by atoms with Crippen molar-refractivity contribution in [3.05, 3.63) is 16.3 Å². The molecule has 0 radical (unpaired) electrons. The summed E-state index contributed by atoms with van der Waals surface area (Å²) >= 11 is 1.53. The Labute approximate surface area is 132 Å². The zero-order valence-electron chi connectivity index (χ0n) is 13.1. The summed E-state index contributed by atoms with van der Waals surface area (Å²) in [7, 11) is -3.35. The Morgan fingerprint density at radius 2 is 2.14 bits per heavy atom. The predicted octanol–water partition coefficient (Wildman–Crippen LogP) is 3.06. The van der Waals surface area contributed by atoms with E-state index in [1.54, 1.807) is 10.4 Å². The fourth-order valence-electron chi connectivity index (χ4n) is 2.36. The van der Waals surface area contributed by atoms with E-state index < -0.39 is 10.0 Å². The highest BCUT2D eigenvalue weighted by molar-refractivity contribution is 7.89. The average Bonchev–Trinajstić information content (AvgIpc) is 3.14. The highest BCUT2D eigenvalue weighted by Gasteiger charge is 2.39. The maximum atomic E-state index is 13.0. The van der Waals surface area contributed by atoms with Gasteiger partial charge in [0.25, 0.3) is 0 Å². The number of sulfonamides is 1. The van der Waals surface area contributed by atoms with Crippen molar-refractivity contribution in [2.45, 2.75) is 57.5 Å². The van der Waals surface area contributed by atoms with Crippen LogP contribution in [0.4, 0.5) is 0 Å². The third-order valence-electron chi connectivity index (χ3n) is 3.50. The Bertz CT molecular complexity index is 548. The highest BCUT2D eigenvalue weighted by atomic mass is 32.2. The van der Waals surface area contributed by atoms with Gasteiger partial charge in [0.05, 0.1) is 4.90 Å². The van der Waals surface area contributed by atoms with Crippen molar-refractivity contribution in [1.82, 2.24) is 9.62 Å². The lowest BCUT2D eigenvalue weighted by molar-refractivity contribution is 0.360. The van der Waals surface area contributed by atoms with Gasteiger partial charge in [-0.05, 0) is 43.2 Å². The van der Waals surface area contributed by atoms with Crippen LogP contribution in [0.2, 0.25) is 0 Å². The summed E-state index contributed by atoms with van der Waals surface area (Å²) in [5.41, 5.74) is 0. The van der Waals surface area contributed by atoms with Crippen LogP contribution in [-0.4, -0.2) is 31.9 Å². The smallest absolute Gasteiger partial charge is 0.244 e. The normalized spacial score (nSPS) is 16.0. The first kappa shape index (κ1) is 16.9. The van der Waals surface area contributed by atoms with Crippen molar-refractivity contribution in [2.75, 3.05) is 13.1 Å². The molecule has 1 N–H and O–H groups in total. The summed E-state index contributed by atoms with van der Waals surface area (Å²) in [6.45, 7) is 8.42. The molecule has 1 saturated carbocycles. The number of hydrogen-bond acceptors (Lipinski definition) is 4. The Hall–Kier alpha value is -0.430. The summed E-state index contributed by atoms with van der Waals surface area (Å²) < 4.78 is 27.7. The van der Waals surface area contributed by atoms with Crippen molar-refractivity contribution in [2.24, 2.45) is 5.92 Å². The quantitative estimate of drug-likeness (QED) is 0.708. The van der Waals surface area contributed by atoms with Gasteiger partial charge in [0.15, 0.2) is 0 Å². The van der Waals surface area contributed by atoms with Gasteiger partial charge in [0, 0.05) is 24.0 Å². The van der Waals surface area contributed by atoms with Gasteiger partial charge in [-0.1, -0.05) is 20.8 Å². The third kappa shape index (κ3) is 4.28. The lowest BCUT2D eigenvalue weighted by atomic mass is 10.2. The monoisotopic (exact) mass is 330 g/mol. The minimum absolute atomic E-state index is 0.216. The van der Waals surface area contributed by atoms with Crippen LogP contribution < -0.4 is 5.32 Å². The number of nitrogens with zero attached hydrogens (tertiary/aromatic N) is 1. The number of thiophene rings is 1. The molecule has 4 nitrogen and oxygen atoms in total. The molecule has 1 heterocycles. The maximum absolute atomic E-state index is 13.0. The van der Waals surface area contributed by atoms with Crippen molar-refractivity contribution in [1.29, 1.82) is 0 Å². The fraction of sp³-hybridized carbons (Fsp3) is 0.733. The molecule has 21 heavy (non-hydrogen) atoms. The Morgan fingerprint density at radius 3 is 2.71 bits per heavy atom. The first-order chi connectivity index (χ1) is 9.96. The molecule has 0 aromatic carbocycles. The van der Waals surface area contributed by atoms with Crippen molar-refractivity contribution >= 4 is 21.4 Å². The minimum Gasteiger partial charge on any atom is -0.312 e. The van der Waals surface area contributed by atoms with E-state index >= 15 is 0 Å². The first-order valence-corrected chi connectivity index (χ1v) is 10.1. The van der Waals surface area contributed by atoms with Crippen LogP contribution in [-0.2, 0) is 16.6 Å². The molecule has 0 atom stereocenters. The summed E-state index contributed by atoms with van der Waals surface area (Å²) in [5, 5.41) is 5.19. The van der Waals surface area contributed by atoms with Crippen LogP contribution in [0.25, 0.3) is 0 Å². The van der Waals surface area contributed by atoms with E-state index in [-0.39, 0.29) is 6.04 Å². The van der Waals surface area contributed by atoms with Gasteiger partial charge >= 0.3 is 0 Å². The van der Waals surface area contributed by atoms with Crippen LogP contribution >= 0.6 is 11.3 Å². The lowest BCUT2D eigenvalue weighted by Gasteiger charge is -2.24. The van der Waals surface area contributed by atoms with E-state index in [1.807, 2.05) is 5.38 Å².